The van der Waals surface area contributed by atoms with E-state index in [2.05, 4.69) is 20.8 Å². The van der Waals surface area contributed by atoms with E-state index < -0.39 is 0 Å². The summed E-state index contributed by atoms with van der Waals surface area (Å²) in [6.45, 7) is 1.89. The smallest absolute Gasteiger partial charge is 0.292 e. The Labute approximate surface area is 99.2 Å². The van der Waals surface area contributed by atoms with E-state index in [4.69, 9.17) is 4.52 Å². The van der Waals surface area contributed by atoms with Crippen molar-refractivity contribution in [3.8, 4) is 0 Å². The predicted octanol–water partition coefficient (Wildman–Crippen LogP) is 0.429. The topological polar surface area (TPSA) is 80.0 Å². The van der Waals surface area contributed by atoms with Crippen LogP contribution in [0.4, 0.5) is 0 Å². The van der Waals surface area contributed by atoms with Crippen LogP contribution in [0, 0.1) is 0 Å². The Kier molecular flexibility index (Phi) is 2.80. The molecule has 1 saturated carbocycles. The van der Waals surface area contributed by atoms with Gasteiger partial charge in [0.25, 0.3) is 11.7 Å². The zero-order valence-corrected chi connectivity index (χ0v) is 9.61. The molecular formula is C11H16N4O2. The molecule has 1 unspecified atom stereocenters. The highest BCUT2D eigenvalue weighted by Gasteiger charge is 2.27. The Morgan fingerprint density at radius 3 is 3.00 bits per heavy atom. The van der Waals surface area contributed by atoms with Gasteiger partial charge in [-0.25, -0.2) is 0 Å². The molecule has 1 amide bonds. The molecule has 0 spiro atoms. The van der Waals surface area contributed by atoms with Gasteiger partial charge in [-0.3, -0.25) is 4.79 Å². The minimum atomic E-state index is -0.216. The van der Waals surface area contributed by atoms with Gasteiger partial charge in [-0.15, -0.1) is 0 Å². The molecule has 2 fully saturated rings. The maximum absolute atomic E-state index is 11.7. The maximum Gasteiger partial charge on any atom is 0.292 e. The van der Waals surface area contributed by atoms with Gasteiger partial charge in [-0.2, -0.15) is 4.98 Å². The zero-order valence-electron chi connectivity index (χ0n) is 9.61. The van der Waals surface area contributed by atoms with Crippen molar-refractivity contribution < 1.29 is 9.32 Å². The van der Waals surface area contributed by atoms with E-state index in [0.29, 0.717) is 11.9 Å². The zero-order chi connectivity index (χ0) is 11.7. The number of nitrogens with one attached hydrogen (secondary N) is 2. The van der Waals surface area contributed by atoms with Crippen LogP contribution >= 0.6 is 0 Å². The monoisotopic (exact) mass is 236 g/mol. The van der Waals surface area contributed by atoms with Crippen LogP contribution in [0.5, 0.6) is 0 Å². The molecule has 1 aliphatic heterocycles. The summed E-state index contributed by atoms with van der Waals surface area (Å²) >= 11 is 0. The quantitative estimate of drug-likeness (QED) is 0.795. The number of hydrogen-bond acceptors (Lipinski definition) is 5. The van der Waals surface area contributed by atoms with Crippen LogP contribution in [-0.4, -0.2) is 35.2 Å². The van der Waals surface area contributed by atoms with Gasteiger partial charge in [0, 0.05) is 12.6 Å². The molecule has 1 atom stereocenters. The van der Waals surface area contributed by atoms with Crippen molar-refractivity contribution in [1.82, 2.24) is 20.8 Å². The molecule has 0 radical (unpaired) electrons. The summed E-state index contributed by atoms with van der Waals surface area (Å²) < 4.78 is 5.17. The molecule has 1 saturated heterocycles. The van der Waals surface area contributed by atoms with Crippen LogP contribution in [0.2, 0.25) is 0 Å². The predicted molar refractivity (Wildman–Crippen MR) is 59.6 cm³/mol. The fraction of sp³-hybridized carbons (Fsp3) is 0.727. The van der Waals surface area contributed by atoms with Crippen LogP contribution in [0.3, 0.4) is 0 Å². The molecule has 17 heavy (non-hydrogen) atoms. The first kappa shape index (κ1) is 10.7. The Bertz CT molecular complexity index is 407. The number of nitrogens with zero attached hydrogens (tertiary/aromatic N) is 2. The van der Waals surface area contributed by atoms with E-state index in [0.717, 1.165) is 38.8 Å². The first-order chi connectivity index (χ1) is 8.33. The second-order valence-corrected chi connectivity index (χ2v) is 4.75. The van der Waals surface area contributed by atoms with Crippen molar-refractivity contribution in [2.75, 3.05) is 13.1 Å². The van der Waals surface area contributed by atoms with Gasteiger partial charge in [0.05, 0.1) is 5.92 Å². The Balaban J connectivity index is 1.65. The minimum absolute atomic E-state index is 0.164. The van der Waals surface area contributed by atoms with Gasteiger partial charge < -0.3 is 15.2 Å². The molecule has 1 aromatic rings. The summed E-state index contributed by atoms with van der Waals surface area (Å²) in [4.78, 5) is 15.9. The third-order valence-corrected chi connectivity index (χ3v) is 3.20. The second kappa shape index (κ2) is 4.44. The number of carbonyl (C=O) groups excluding carboxylic acids is 1. The second-order valence-electron chi connectivity index (χ2n) is 4.75. The number of hydrogen-bond donors (Lipinski definition) is 2. The normalized spacial score (nSPS) is 24.6. The van der Waals surface area contributed by atoms with E-state index >= 15 is 0 Å². The van der Waals surface area contributed by atoms with Crippen LogP contribution in [-0.2, 0) is 0 Å². The van der Waals surface area contributed by atoms with Crippen molar-refractivity contribution in [2.45, 2.75) is 37.6 Å². The molecule has 92 valence electrons. The summed E-state index contributed by atoms with van der Waals surface area (Å²) in [5.41, 5.74) is 0. The van der Waals surface area contributed by atoms with E-state index in [9.17, 15) is 4.79 Å². The molecule has 6 heteroatoms. The van der Waals surface area contributed by atoms with Crippen LogP contribution in [0.1, 0.15) is 48.1 Å². The molecule has 6 nitrogen and oxygen atoms in total. The SMILES string of the molecule is O=C(NC1CC1)c1noc(C2CCCNC2)n1. The Morgan fingerprint density at radius 2 is 2.29 bits per heavy atom. The molecular weight excluding hydrogens is 220 g/mol. The molecule has 2 heterocycles. The first-order valence-corrected chi connectivity index (χ1v) is 6.18. The number of carbonyl (C=O) groups is 1. The summed E-state index contributed by atoms with van der Waals surface area (Å²) in [6.07, 6.45) is 4.27. The highest BCUT2D eigenvalue weighted by Crippen LogP contribution is 2.22. The minimum Gasteiger partial charge on any atom is -0.346 e. The molecule has 1 aromatic heterocycles. The Hall–Kier alpha value is -1.43. The highest BCUT2D eigenvalue weighted by atomic mass is 16.5. The lowest BCUT2D eigenvalue weighted by molar-refractivity contribution is 0.0937. The van der Waals surface area contributed by atoms with Crippen molar-refractivity contribution in [1.29, 1.82) is 0 Å². The van der Waals surface area contributed by atoms with Crippen LogP contribution in [0.15, 0.2) is 4.52 Å². The fourth-order valence-electron chi connectivity index (χ4n) is 2.03. The van der Waals surface area contributed by atoms with E-state index in [-0.39, 0.29) is 17.6 Å². The van der Waals surface area contributed by atoms with Crippen molar-refractivity contribution in [3.05, 3.63) is 11.7 Å². The van der Waals surface area contributed by atoms with Crippen molar-refractivity contribution in [3.63, 3.8) is 0 Å². The fourth-order valence-corrected chi connectivity index (χ4v) is 2.03. The molecule has 1 aliphatic carbocycles. The van der Waals surface area contributed by atoms with Crippen LogP contribution < -0.4 is 10.6 Å². The third kappa shape index (κ3) is 2.46. The summed E-state index contributed by atoms with van der Waals surface area (Å²) in [5, 5.41) is 9.88. The molecule has 2 aliphatic rings. The van der Waals surface area contributed by atoms with Gasteiger partial charge in [0.1, 0.15) is 0 Å². The van der Waals surface area contributed by atoms with Crippen LogP contribution in [0.25, 0.3) is 0 Å². The van der Waals surface area contributed by atoms with Gasteiger partial charge >= 0.3 is 0 Å². The summed E-state index contributed by atoms with van der Waals surface area (Å²) in [6, 6.07) is 0.320. The standard InChI is InChI=1S/C11H16N4O2/c16-10(13-8-3-4-8)9-14-11(17-15-9)7-2-1-5-12-6-7/h7-8,12H,1-6H2,(H,13,16). The average molecular weight is 236 g/mol. The largest absolute Gasteiger partial charge is 0.346 e. The van der Waals surface area contributed by atoms with Crippen molar-refractivity contribution in [2.24, 2.45) is 0 Å². The Morgan fingerprint density at radius 1 is 1.41 bits per heavy atom. The summed E-state index contributed by atoms with van der Waals surface area (Å²) in [7, 11) is 0. The maximum atomic E-state index is 11.7. The van der Waals surface area contributed by atoms with E-state index in [1.54, 1.807) is 0 Å². The number of rotatable bonds is 3. The average Bonchev–Trinajstić information content (AvgIpc) is 3.04. The number of piperidine rings is 1. The lowest BCUT2D eigenvalue weighted by Gasteiger charge is -2.18. The number of aromatic nitrogens is 2. The van der Waals surface area contributed by atoms with Crippen molar-refractivity contribution >= 4 is 5.91 Å². The summed E-state index contributed by atoms with van der Waals surface area (Å²) in [5.74, 6) is 0.778. The van der Waals surface area contributed by atoms with Gasteiger partial charge in [-0.1, -0.05) is 5.16 Å². The first-order valence-electron chi connectivity index (χ1n) is 6.18. The molecule has 3 rings (SSSR count). The van der Waals surface area contributed by atoms with Gasteiger partial charge in [0.15, 0.2) is 0 Å². The lowest BCUT2D eigenvalue weighted by atomic mass is 10.00. The molecule has 0 aromatic carbocycles. The van der Waals surface area contributed by atoms with Gasteiger partial charge in [-0.05, 0) is 32.2 Å². The van der Waals surface area contributed by atoms with E-state index in [1.165, 1.54) is 0 Å². The molecule has 0 bridgehead atoms. The van der Waals surface area contributed by atoms with Gasteiger partial charge in [0.2, 0.25) is 5.89 Å². The van der Waals surface area contributed by atoms with E-state index in [1.807, 2.05) is 0 Å². The lowest BCUT2D eigenvalue weighted by Crippen LogP contribution is -2.29. The highest BCUT2D eigenvalue weighted by molar-refractivity contribution is 5.90. The third-order valence-electron chi connectivity index (χ3n) is 3.20. The number of amides is 1. The molecule has 2 N–H and O–H groups in total.